The third kappa shape index (κ3) is 18.9. The van der Waals surface area contributed by atoms with Gasteiger partial charge >= 0.3 is 6.09 Å². The summed E-state index contributed by atoms with van der Waals surface area (Å²) in [5.41, 5.74) is 0.989. The van der Waals surface area contributed by atoms with Gasteiger partial charge in [0, 0.05) is 20.2 Å². The number of fused-ring (bicyclic) bond motifs is 1. The molecule has 2 aromatic rings. The molecule has 0 bridgehead atoms. The van der Waals surface area contributed by atoms with Crippen LogP contribution in [0, 0.1) is 0 Å². The summed E-state index contributed by atoms with van der Waals surface area (Å²) in [7, 11) is -1.97. The lowest BCUT2D eigenvalue weighted by atomic mass is 10.0. The van der Waals surface area contributed by atoms with Gasteiger partial charge in [-0.25, -0.2) is 22.9 Å². The SMILES string of the molecule is CCCCCCCCCCCCCCCCCCNC(=O)OCC(CNS(=O)(=O)CCCCc1nc2ccccc2s1)OC. The Bertz CT molecular complexity index is 1080. The third-order valence-electron chi connectivity index (χ3n) is 7.96. The highest BCUT2D eigenvalue weighted by Crippen LogP contribution is 2.22. The molecule has 252 valence electrons. The molecule has 0 radical (unpaired) electrons. The monoisotopic (exact) mass is 653 g/mol. The zero-order valence-corrected chi connectivity index (χ0v) is 29.1. The molecule has 0 saturated heterocycles. The Hall–Kier alpha value is -1.75. The van der Waals surface area contributed by atoms with Gasteiger partial charge in [0.25, 0.3) is 0 Å². The van der Waals surface area contributed by atoms with Crippen LogP contribution in [0.5, 0.6) is 0 Å². The van der Waals surface area contributed by atoms with Crippen LogP contribution >= 0.6 is 11.3 Å². The van der Waals surface area contributed by atoms with Crippen molar-refractivity contribution in [3.63, 3.8) is 0 Å². The van der Waals surface area contributed by atoms with E-state index in [1.165, 1.54) is 97.0 Å². The van der Waals surface area contributed by atoms with Gasteiger partial charge in [0.1, 0.15) is 12.7 Å². The first-order valence-corrected chi connectivity index (χ1v) is 19.7. The molecule has 0 saturated carbocycles. The molecule has 0 fully saturated rings. The van der Waals surface area contributed by atoms with E-state index >= 15 is 0 Å². The maximum Gasteiger partial charge on any atom is 0.407 e. The lowest BCUT2D eigenvalue weighted by Gasteiger charge is -2.16. The summed E-state index contributed by atoms with van der Waals surface area (Å²) >= 11 is 1.66. The number of aryl methyl sites for hydroxylation is 1. The number of carbonyl (C=O) groups excluding carboxylic acids is 1. The second-order valence-corrected chi connectivity index (χ2v) is 14.9. The Morgan fingerprint density at radius 1 is 0.841 bits per heavy atom. The Balaban J connectivity index is 1.39. The zero-order chi connectivity index (χ0) is 31.7. The normalized spacial score (nSPS) is 12.5. The zero-order valence-electron chi connectivity index (χ0n) is 27.5. The number of hydrogen-bond acceptors (Lipinski definition) is 7. The Morgan fingerprint density at radius 2 is 1.43 bits per heavy atom. The second-order valence-electron chi connectivity index (χ2n) is 11.9. The molecule has 44 heavy (non-hydrogen) atoms. The molecule has 8 nitrogen and oxygen atoms in total. The van der Waals surface area contributed by atoms with E-state index in [9.17, 15) is 13.2 Å². The summed E-state index contributed by atoms with van der Waals surface area (Å²) in [5.74, 6) is 0.0367. The number of methoxy groups -OCH3 is 1. The van der Waals surface area contributed by atoms with Crippen LogP contribution in [0.2, 0.25) is 0 Å². The van der Waals surface area contributed by atoms with Crippen molar-refractivity contribution in [1.82, 2.24) is 15.0 Å². The molecular weight excluding hydrogens is 595 g/mol. The predicted molar refractivity (Wildman–Crippen MR) is 184 cm³/mol. The molecule has 0 aliphatic heterocycles. The molecule has 1 amide bonds. The predicted octanol–water partition coefficient (Wildman–Crippen LogP) is 8.54. The number of nitrogens with one attached hydrogen (secondary N) is 2. The minimum absolute atomic E-state index is 0.0125. The van der Waals surface area contributed by atoms with Crippen LogP contribution in [-0.4, -0.2) is 58.2 Å². The highest BCUT2D eigenvalue weighted by atomic mass is 32.2. The van der Waals surface area contributed by atoms with Gasteiger partial charge in [-0.3, -0.25) is 0 Å². The molecule has 2 N–H and O–H groups in total. The van der Waals surface area contributed by atoms with Crippen LogP contribution in [0.3, 0.4) is 0 Å². The lowest BCUT2D eigenvalue weighted by molar-refractivity contribution is 0.0384. The molecular formula is C34H59N3O5S2. The van der Waals surface area contributed by atoms with Gasteiger partial charge in [-0.2, -0.15) is 0 Å². The van der Waals surface area contributed by atoms with Gasteiger partial charge in [-0.15, -0.1) is 11.3 Å². The number of hydrogen-bond donors (Lipinski definition) is 2. The first-order valence-electron chi connectivity index (χ1n) is 17.2. The number of para-hydroxylation sites is 1. The topological polar surface area (TPSA) is 107 Å². The molecule has 1 atom stereocenters. The number of thiazole rings is 1. The average Bonchev–Trinajstić information content (AvgIpc) is 3.44. The van der Waals surface area contributed by atoms with E-state index < -0.39 is 22.2 Å². The van der Waals surface area contributed by atoms with E-state index in [0.29, 0.717) is 13.0 Å². The molecule has 1 heterocycles. The largest absolute Gasteiger partial charge is 0.447 e. The quantitative estimate of drug-likeness (QED) is 0.0892. The molecule has 10 heteroatoms. The first-order chi connectivity index (χ1) is 21.4. The Labute approximate surface area is 271 Å². The molecule has 1 aromatic heterocycles. The van der Waals surface area contributed by atoms with Crippen molar-refractivity contribution < 1.29 is 22.7 Å². The van der Waals surface area contributed by atoms with Gasteiger partial charge in [-0.05, 0) is 37.8 Å². The Morgan fingerprint density at radius 3 is 2.02 bits per heavy atom. The number of rotatable bonds is 28. The van der Waals surface area contributed by atoms with Gasteiger partial charge in [0.2, 0.25) is 10.0 Å². The first kappa shape index (κ1) is 38.4. The van der Waals surface area contributed by atoms with E-state index in [0.717, 1.165) is 40.9 Å². The number of unbranched alkanes of at least 4 members (excludes halogenated alkanes) is 16. The minimum Gasteiger partial charge on any atom is -0.447 e. The summed E-state index contributed by atoms with van der Waals surface area (Å²) in [4.78, 5) is 16.6. The summed E-state index contributed by atoms with van der Waals surface area (Å²) in [6, 6.07) is 8.00. The van der Waals surface area contributed by atoms with Crippen LogP contribution in [0.15, 0.2) is 24.3 Å². The summed E-state index contributed by atoms with van der Waals surface area (Å²) in [5, 5.41) is 3.81. The van der Waals surface area contributed by atoms with Crippen LogP contribution < -0.4 is 10.0 Å². The van der Waals surface area contributed by atoms with Crippen LogP contribution in [0.4, 0.5) is 4.79 Å². The number of carbonyl (C=O) groups is 1. The van der Waals surface area contributed by atoms with Crippen LogP contribution in [-0.2, 0) is 25.9 Å². The Kier molecular flexibility index (Phi) is 21.4. The summed E-state index contributed by atoms with van der Waals surface area (Å²) in [6.07, 6.45) is 22.0. The lowest BCUT2D eigenvalue weighted by Crippen LogP contribution is -2.38. The number of alkyl carbamates (subject to hydrolysis) is 1. The number of amides is 1. The van der Waals surface area contributed by atoms with Gasteiger partial charge in [0.05, 0.1) is 21.0 Å². The molecule has 0 aliphatic rings. The van der Waals surface area contributed by atoms with Crippen molar-refractivity contribution >= 4 is 37.7 Å². The van der Waals surface area contributed by atoms with Gasteiger partial charge in [-0.1, -0.05) is 115 Å². The summed E-state index contributed by atoms with van der Waals surface area (Å²) in [6.45, 7) is 2.90. The maximum atomic E-state index is 12.4. The summed E-state index contributed by atoms with van der Waals surface area (Å²) < 4.78 is 39.1. The highest BCUT2D eigenvalue weighted by Gasteiger charge is 2.16. The van der Waals surface area contributed by atoms with Gasteiger partial charge in [0.15, 0.2) is 0 Å². The fourth-order valence-corrected chi connectivity index (χ4v) is 7.36. The van der Waals surface area contributed by atoms with E-state index in [-0.39, 0.29) is 18.9 Å². The van der Waals surface area contributed by atoms with Crippen molar-refractivity contribution in [2.75, 3.05) is 32.6 Å². The molecule has 0 spiro atoms. The molecule has 1 unspecified atom stereocenters. The fraction of sp³-hybridized carbons (Fsp3) is 0.765. The van der Waals surface area contributed by atoms with E-state index in [1.807, 2.05) is 24.3 Å². The van der Waals surface area contributed by atoms with E-state index in [4.69, 9.17) is 9.47 Å². The third-order valence-corrected chi connectivity index (χ3v) is 10.5. The molecule has 2 rings (SSSR count). The van der Waals surface area contributed by atoms with Crippen molar-refractivity contribution in [1.29, 1.82) is 0 Å². The van der Waals surface area contributed by atoms with Crippen molar-refractivity contribution in [3.05, 3.63) is 29.3 Å². The van der Waals surface area contributed by atoms with Gasteiger partial charge < -0.3 is 14.8 Å². The number of ether oxygens (including phenoxy) is 2. The minimum atomic E-state index is -3.45. The van der Waals surface area contributed by atoms with Crippen molar-refractivity contribution in [2.24, 2.45) is 0 Å². The number of nitrogens with zero attached hydrogens (tertiary/aromatic N) is 1. The highest BCUT2D eigenvalue weighted by molar-refractivity contribution is 7.89. The smallest absolute Gasteiger partial charge is 0.407 e. The standard InChI is InChI=1S/C34H59N3O5S2/c1-3-4-5-6-7-8-9-10-11-12-13-14-15-16-17-21-26-35-34(38)42-29-30(41-2)28-36-44(39,40)27-22-20-25-33-37-31-23-18-19-24-32(31)43-33/h18-19,23-24,30,36H,3-17,20-22,25-29H2,1-2H3,(H,35,38). The second kappa shape index (κ2) is 24.5. The van der Waals surface area contributed by atoms with E-state index in [1.54, 1.807) is 11.3 Å². The molecule has 0 aliphatic carbocycles. The maximum absolute atomic E-state index is 12.4. The average molecular weight is 654 g/mol. The number of aromatic nitrogens is 1. The van der Waals surface area contributed by atoms with Crippen molar-refractivity contribution in [3.8, 4) is 0 Å². The fourth-order valence-electron chi connectivity index (χ4n) is 5.18. The van der Waals surface area contributed by atoms with Crippen molar-refractivity contribution in [2.45, 2.75) is 135 Å². The van der Waals surface area contributed by atoms with Crippen LogP contribution in [0.25, 0.3) is 10.2 Å². The van der Waals surface area contributed by atoms with Crippen LogP contribution in [0.1, 0.15) is 128 Å². The van der Waals surface area contributed by atoms with E-state index in [2.05, 4.69) is 21.9 Å². The number of benzene rings is 1. The molecule has 1 aromatic carbocycles. The number of sulfonamides is 1.